The number of carbonyl (C=O) groups excluding carboxylic acids is 1. The van der Waals surface area contributed by atoms with Gasteiger partial charge in [-0.25, -0.2) is 4.79 Å². The largest absolute Gasteiger partial charge is 0.331 e. The quantitative estimate of drug-likeness (QED) is 0.676. The molecule has 0 spiro atoms. The third-order valence-electron chi connectivity index (χ3n) is 2.88. The Labute approximate surface area is 86.0 Å². The summed E-state index contributed by atoms with van der Waals surface area (Å²) >= 11 is 0. The monoisotopic (exact) mass is 199 g/mol. The van der Waals surface area contributed by atoms with Gasteiger partial charge in [0.15, 0.2) is 0 Å². The van der Waals surface area contributed by atoms with Gasteiger partial charge >= 0.3 is 6.03 Å². The first kappa shape index (κ1) is 11.3. The van der Waals surface area contributed by atoms with Crippen LogP contribution >= 0.6 is 0 Å². The van der Waals surface area contributed by atoms with Gasteiger partial charge in [-0.15, -0.1) is 0 Å². The molecule has 0 aromatic rings. The number of urea groups is 1. The summed E-state index contributed by atoms with van der Waals surface area (Å²) in [6.07, 6.45) is 2.13. The second-order valence-corrected chi connectivity index (χ2v) is 4.39. The summed E-state index contributed by atoms with van der Waals surface area (Å²) in [5.41, 5.74) is 5.68. The van der Waals surface area contributed by atoms with E-state index >= 15 is 0 Å². The van der Waals surface area contributed by atoms with Gasteiger partial charge in [-0.3, -0.25) is 0 Å². The predicted molar refractivity (Wildman–Crippen MR) is 57.0 cm³/mol. The van der Waals surface area contributed by atoms with Gasteiger partial charge in [0.25, 0.3) is 0 Å². The maximum atomic E-state index is 11.8. The van der Waals surface area contributed by atoms with E-state index in [1.54, 1.807) is 19.0 Å². The molecule has 0 saturated carbocycles. The molecule has 1 fully saturated rings. The van der Waals surface area contributed by atoms with Gasteiger partial charge in [-0.1, -0.05) is 6.92 Å². The van der Waals surface area contributed by atoms with Gasteiger partial charge < -0.3 is 15.5 Å². The first-order chi connectivity index (χ1) is 6.56. The van der Waals surface area contributed by atoms with E-state index in [1.807, 2.05) is 4.90 Å². The van der Waals surface area contributed by atoms with Crippen LogP contribution in [0.1, 0.15) is 19.8 Å². The Morgan fingerprint density at radius 1 is 1.57 bits per heavy atom. The van der Waals surface area contributed by atoms with Crippen LogP contribution in [0.5, 0.6) is 0 Å². The number of amides is 2. The average molecular weight is 199 g/mol. The molecule has 0 aliphatic carbocycles. The van der Waals surface area contributed by atoms with Crippen LogP contribution in [0, 0.1) is 5.92 Å². The zero-order valence-electron chi connectivity index (χ0n) is 9.36. The van der Waals surface area contributed by atoms with Crippen LogP contribution in [0.15, 0.2) is 0 Å². The average Bonchev–Trinajstić information content (AvgIpc) is 2.16. The SMILES string of the molecule is CC1CCN(C(=O)N(C)C)C(CN)C1. The van der Waals surface area contributed by atoms with E-state index < -0.39 is 0 Å². The molecule has 0 bridgehead atoms. The Balaban J connectivity index is 2.63. The number of nitrogens with two attached hydrogens (primary N) is 1. The highest BCUT2D eigenvalue weighted by molar-refractivity contribution is 5.74. The van der Waals surface area contributed by atoms with Gasteiger partial charge in [0.1, 0.15) is 0 Å². The minimum absolute atomic E-state index is 0.0901. The van der Waals surface area contributed by atoms with Crippen LogP contribution in [0.2, 0.25) is 0 Å². The van der Waals surface area contributed by atoms with Gasteiger partial charge in [-0.2, -0.15) is 0 Å². The van der Waals surface area contributed by atoms with Crippen molar-refractivity contribution in [2.75, 3.05) is 27.2 Å². The van der Waals surface area contributed by atoms with Crippen LogP contribution in [0.4, 0.5) is 4.79 Å². The normalized spacial score (nSPS) is 27.6. The van der Waals surface area contributed by atoms with Crippen LogP contribution in [0.3, 0.4) is 0 Å². The zero-order valence-corrected chi connectivity index (χ0v) is 9.36. The van der Waals surface area contributed by atoms with E-state index in [-0.39, 0.29) is 12.1 Å². The number of rotatable bonds is 1. The molecule has 0 aromatic heterocycles. The molecule has 0 aromatic carbocycles. The Hall–Kier alpha value is -0.770. The fraction of sp³-hybridized carbons (Fsp3) is 0.900. The highest BCUT2D eigenvalue weighted by Gasteiger charge is 2.29. The summed E-state index contributed by atoms with van der Waals surface area (Å²) in [6.45, 7) is 3.64. The second kappa shape index (κ2) is 4.64. The minimum atomic E-state index is 0.0901. The molecule has 4 heteroatoms. The van der Waals surface area contributed by atoms with Crippen molar-refractivity contribution in [2.45, 2.75) is 25.8 Å². The summed E-state index contributed by atoms with van der Waals surface area (Å²) in [6, 6.07) is 0.320. The van der Waals surface area contributed by atoms with Crippen LogP contribution in [0.25, 0.3) is 0 Å². The van der Waals surface area contributed by atoms with E-state index in [0.29, 0.717) is 12.5 Å². The van der Waals surface area contributed by atoms with Gasteiger partial charge in [-0.05, 0) is 18.8 Å². The zero-order chi connectivity index (χ0) is 10.7. The molecule has 1 aliphatic rings. The van der Waals surface area contributed by atoms with Crippen LogP contribution < -0.4 is 5.73 Å². The van der Waals surface area contributed by atoms with Crippen molar-refractivity contribution in [3.05, 3.63) is 0 Å². The molecular weight excluding hydrogens is 178 g/mol. The summed E-state index contributed by atoms with van der Waals surface area (Å²) in [4.78, 5) is 15.3. The van der Waals surface area contributed by atoms with Crippen molar-refractivity contribution in [3.63, 3.8) is 0 Å². The maximum absolute atomic E-state index is 11.8. The lowest BCUT2D eigenvalue weighted by atomic mass is 9.93. The summed E-state index contributed by atoms with van der Waals surface area (Å²) in [7, 11) is 3.57. The smallest absolute Gasteiger partial charge is 0.319 e. The number of hydrogen-bond acceptors (Lipinski definition) is 2. The fourth-order valence-electron chi connectivity index (χ4n) is 1.98. The van der Waals surface area contributed by atoms with Gasteiger partial charge in [0.05, 0.1) is 0 Å². The van der Waals surface area contributed by atoms with Crippen molar-refractivity contribution in [1.29, 1.82) is 0 Å². The van der Waals surface area contributed by atoms with Gasteiger partial charge in [0.2, 0.25) is 0 Å². The number of carbonyl (C=O) groups is 1. The lowest BCUT2D eigenvalue weighted by Gasteiger charge is -2.39. The highest BCUT2D eigenvalue weighted by atomic mass is 16.2. The molecule has 4 nitrogen and oxygen atoms in total. The number of piperidine rings is 1. The Bertz CT molecular complexity index is 206. The summed E-state index contributed by atoms with van der Waals surface area (Å²) in [5, 5.41) is 0. The molecule has 2 atom stereocenters. The second-order valence-electron chi connectivity index (χ2n) is 4.39. The lowest BCUT2D eigenvalue weighted by molar-refractivity contribution is 0.115. The Morgan fingerprint density at radius 3 is 2.71 bits per heavy atom. The van der Waals surface area contributed by atoms with Crippen molar-refractivity contribution in [3.8, 4) is 0 Å². The van der Waals surface area contributed by atoms with Crippen molar-refractivity contribution >= 4 is 6.03 Å². The number of hydrogen-bond donors (Lipinski definition) is 1. The molecule has 0 radical (unpaired) electrons. The predicted octanol–water partition coefficient (Wildman–Crippen LogP) is 0.727. The minimum Gasteiger partial charge on any atom is -0.331 e. The Kier molecular flexibility index (Phi) is 3.75. The first-order valence-corrected chi connectivity index (χ1v) is 5.24. The molecule has 1 rings (SSSR count). The maximum Gasteiger partial charge on any atom is 0.319 e. The number of nitrogens with zero attached hydrogens (tertiary/aromatic N) is 2. The van der Waals surface area contributed by atoms with Crippen molar-refractivity contribution < 1.29 is 4.79 Å². The van der Waals surface area contributed by atoms with Gasteiger partial charge in [0, 0.05) is 33.2 Å². The number of likely N-dealkylation sites (tertiary alicyclic amines) is 1. The Morgan fingerprint density at radius 2 is 2.21 bits per heavy atom. The molecule has 1 saturated heterocycles. The molecule has 1 heterocycles. The first-order valence-electron chi connectivity index (χ1n) is 5.24. The highest BCUT2D eigenvalue weighted by Crippen LogP contribution is 2.22. The topological polar surface area (TPSA) is 49.6 Å². The molecule has 2 N–H and O–H groups in total. The molecule has 2 unspecified atom stereocenters. The molecule has 14 heavy (non-hydrogen) atoms. The van der Waals surface area contributed by atoms with E-state index in [0.717, 1.165) is 19.4 Å². The molecule has 82 valence electrons. The molecule has 1 aliphatic heterocycles. The molecular formula is C10H21N3O. The van der Waals surface area contributed by atoms with Crippen molar-refractivity contribution in [2.24, 2.45) is 11.7 Å². The van der Waals surface area contributed by atoms with Crippen LogP contribution in [-0.2, 0) is 0 Å². The lowest BCUT2D eigenvalue weighted by Crippen LogP contribution is -2.52. The van der Waals surface area contributed by atoms with E-state index in [1.165, 1.54) is 0 Å². The van der Waals surface area contributed by atoms with E-state index in [2.05, 4.69) is 6.92 Å². The fourth-order valence-corrected chi connectivity index (χ4v) is 1.98. The molecule has 2 amide bonds. The standard InChI is InChI=1S/C10H21N3O/c1-8-4-5-13(9(6-8)7-11)10(14)12(2)3/h8-9H,4-7,11H2,1-3H3. The summed E-state index contributed by atoms with van der Waals surface area (Å²) < 4.78 is 0. The summed E-state index contributed by atoms with van der Waals surface area (Å²) in [5.74, 6) is 0.690. The third-order valence-corrected chi connectivity index (χ3v) is 2.88. The van der Waals surface area contributed by atoms with Crippen molar-refractivity contribution in [1.82, 2.24) is 9.80 Å². The van der Waals surface area contributed by atoms with E-state index in [9.17, 15) is 4.79 Å². The van der Waals surface area contributed by atoms with E-state index in [4.69, 9.17) is 5.73 Å². The van der Waals surface area contributed by atoms with Crippen LogP contribution in [-0.4, -0.2) is 49.1 Å². The third kappa shape index (κ3) is 2.38.